The van der Waals surface area contributed by atoms with Gasteiger partial charge in [0, 0.05) is 11.4 Å². The number of carbonyl (C=O) groups excluding carboxylic acids is 2. The SMILES string of the molecule is CC(=O)Nc1ccccc1OCC(=O)N[C@H](C)c1ccc(Br)cc1. The Morgan fingerprint density at radius 1 is 1.12 bits per heavy atom. The van der Waals surface area contributed by atoms with E-state index in [1.807, 2.05) is 31.2 Å². The topological polar surface area (TPSA) is 67.4 Å². The van der Waals surface area contributed by atoms with Crippen LogP contribution in [0.25, 0.3) is 0 Å². The standard InChI is InChI=1S/C18H19BrN2O3/c1-12(14-7-9-15(19)10-8-14)20-18(23)11-24-17-6-4-3-5-16(17)21-13(2)22/h3-10,12H,11H2,1-2H3,(H,20,23)(H,21,22)/t12-/m1/s1. The van der Waals surface area contributed by atoms with Crippen molar-refractivity contribution in [1.82, 2.24) is 5.32 Å². The summed E-state index contributed by atoms with van der Waals surface area (Å²) in [6, 6.07) is 14.6. The van der Waals surface area contributed by atoms with Gasteiger partial charge in [0.2, 0.25) is 5.91 Å². The summed E-state index contributed by atoms with van der Waals surface area (Å²) in [4.78, 5) is 23.2. The lowest BCUT2D eigenvalue weighted by Crippen LogP contribution is -2.31. The number of carbonyl (C=O) groups is 2. The molecule has 0 spiro atoms. The van der Waals surface area contributed by atoms with Gasteiger partial charge in [0.15, 0.2) is 6.61 Å². The highest BCUT2D eigenvalue weighted by Crippen LogP contribution is 2.23. The molecule has 0 heterocycles. The van der Waals surface area contributed by atoms with Crippen LogP contribution in [-0.2, 0) is 9.59 Å². The molecule has 0 unspecified atom stereocenters. The molecule has 0 fully saturated rings. The fraction of sp³-hybridized carbons (Fsp3) is 0.222. The van der Waals surface area contributed by atoms with E-state index in [1.54, 1.807) is 24.3 Å². The fourth-order valence-electron chi connectivity index (χ4n) is 2.15. The van der Waals surface area contributed by atoms with Crippen LogP contribution in [0.3, 0.4) is 0 Å². The molecule has 2 amide bonds. The van der Waals surface area contributed by atoms with Gasteiger partial charge in [0.1, 0.15) is 5.75 Å². The molecule has 2 rings (SSSR count). The second-order valence-electron chi connectivity index (χ2n) is 5.31. The molecule has 1 atom stereocenters. The van der Waals surface area contributed by atoms with E-state index in [4.69, 9.17) is 4.74 Å². The van der Waals surface area contributed by atoms with Crippen LogP contribution in [-0.4, -0.2) is 18.4 Å². The first-order chi connectivity index (χ1) is 11.5. The van der Waals surface area contributed by atoms with Crippen molar-refractivity contribution in [3.05, 3.63) is 58.6 Å². The van der Waals surface area contributed by atoms with Crippen LogP contribution in [0.15, 0.2) is 53.0 Å². The van der Waals surface area contributed by atoms with Gasteiger partial charge in [-0.25, -0.2) is 0 Å². The smallest absolute Gasteiger partial charge is 0.258 e. The van der Waals surface area contributed by atoms with Crippen LogP contribution < -0.4 is 15.4 Å². The summed E-state index contributed by atoms with van der Waals surface area (Å²) in [7, 11) is 0. The van der Waals surface area contributed by atoms with E-state index in [1.165, 1.54) is 6.92 Å². The second kappa shape index (κ2) is 8.49. The Bertz CT molecular complexity index is 716. The van der Waals surface area contributed by atoms with Gasteiger partial charge in [-0.15, -0.1) is 0 Å². The van der Waals surface area contributed by atoms with Crippen molar-refractivity contribution >= 4 is 33.4 Å². The molecule has 0 aromatic heterocycles. The third-order valence-electron chi connectivity index (χ3n) is 3.30. The van der Waals surface area contributed by atoms with E-state index < -0.39 is 0 Å². The molecule has 0 aliphatic rings. The highest BCUT2D eigenvalue weighted by atomic mass is 79.9. The maximum Gasteiger partial charge on any atom is 0.258 e. The Morgan fingerprint density at radius 2 is 1.79 bits per heavy atom. The first-order valence-electron chi connectivity index (χ1n) is 7.50. The predicted molar refractivity (Wildman–Crippen MR) is 96.9 cm³/mol. The predicted octanol–water partition coefficient (Wildman–Crippen LogP) is 3.66. The monoisotopic (exact) mass is 390 g/mol. The quantitative estimate of drug-likeness (QED) is 0.790. The Balaban J connectivity index is 1.91. The second-order valence-corrected chi connectivity index (χ2v) is 6.22. The minimum absolute atomic E-state index is 0.125. The Morgan fingerprint density at radius 3 is 2.46 bits per heavy atom. The van der Waals surface area contributed by atoms with Crippen molar-refractivity contribution in [3.63, 3.8) is 0 Å². The number of ether oxygens (including phenoxy) is 1. The molecule has 5 nitrogen and oxygen atoms in total. The van der Waals surface area contributed by atoms with E-state index in [2.05, 4.69) is 26.6 Å². The molecule has 126 valence electrons. The molecule has 2 N–H and O–H groups in total. The van der Waals surface area contributed by atoms with Crippen LogP contribution >= 0.6 is 15.9 Å². The molecule has 0 bridgehead atoms. The molecule has 0 aliphatic carbocycles. The molecule has 0 aliphatic heterocycles. The maximum atomic E-state index is 12.1. The van der Waals surface area contributed by atoms with E-state index >= 15 is 0 Å². The molecule has 0 saturated carbocycles. The van der Waals surface area contributed by atoms with E-state index in [9.17, 15) is 9.59 Å². The summed E-state index contributed by atoms with van der Waals surface area (Å²) in [6.45, 7) is 3.20. The summed E-state index contributed by atoms with van der Waals surface area (Å²) in [5.74, 6) is 0.0292. The number of para-hydroxylation sites is 2. The lowest BCUT2D eigenvalue weighted by atomic mass is 10.1. The molecule has 6 heteroatoms. The highest BCUT2D eigenvalue weighted by Gasteiger charge is 2.11. The lowest BCUT2D eigenvalue weighted by molar-refractivity contribution is -0.123. The number of benzene rings is 2. The number of nitrogens with one attached hydrogen (secondary N) is 2. The largest absolute Gasteiger partial charge is 0.482 e. The third kappa shape index (κ3) is 5.38. The summed E-state index contributed by atoms with van der Waals surface area (Å²) in [6.07, 6.45) is 0. The maximum absolute atomic E-state index is 12.1. The number of amides is 2. The van der Waals surface area contributed by atoms with Crippen LogP contribution in [0.1, 0.15) is 25.5 Å². The van der Waals surface area contributed by atoms with Gasteiger partial charge in [-0.1, -0.05) is 40.2 Å². The summed E-state index contributed by atoms with van der Waals surface area (Å²) < 4.78 is 6.51. The van der Waals surface area contributed by atoms with Crippen LogP contribution in [0.2, 0.25) is 0 Å². The third-order valence-corrected chi connectivity index (χ3v) is 3.83. The van der Waals surface area contributed by atoms with Crippen molar-refractivity contribution in [2.75, 3.05) is 11.9 Å². The van der Waals surface area contributed by atoms with Gasteiger partial charge in [-0.3, -0.25) is 9.59 Å². The van der Waals surface area contributed by atoms with Crippen LogP contribution in [0.5, 0.6) is 5.75 Å². The van der Waals surface area contributed by atoms with Gasteiger partial charge >= 0.3 is 0 Å². The zero-order valence-electron chi connectivity index (χ0n) is 13.5. The molecule has 24 heavy (non-hydrogen) atoms. The van der Waals surface area contributed by atoms with E-state index in [0.717, 1.165) is 10.0 Å². The Labute approximate surface area is 149 Å². The van der Waals surface area contributed by atoms with E-state index in [-0.39, 0.29) is 24.5 Å². The van der Waals surface area contributed by atoms with E-state index in [0.29, 0.717) is 11.4 Å². The average Bonchev–Trinajstić information content (AvgIpc) is 2.54. The number of rotatable bonds is 6. The average molecular weight is 391 g/mol. The Kier molecular flexibility index (Phi) is 6.37. The molecule has 0 saturated heterocycles. The molecular weight excluding hydrogens is 372 g/mol. The highest BCUT2D eigenvalue weighted by molar-refractivity contribution is 9.10. The van der Waals surface area contributed by atoms with Gasteiger partial charge in [-0.05, 0) is 36.8 Å². The normalized spacial score (nSPS) is 11.5. The van der Waals surface area contributed by atoms with Crippen molar-refractivity contribution < 1.29 is 14.3 Å². The van der Waals surface area contributed by atoms with Crippen molar-refractivity contribution in [1.29, 1.82) is 0 Å². The lowest BCUT2D eigenvalue weighted by Gasteiger charge is -2.16. The van der Waals surface area contributed by atoms with Crippen molar-refractivity contribution in [2.24, 2.45) is 0 Å². The molecule has 0 radical (unpaired) electrons. The van der Waals surface area contributed by atoms with Gasteiger partial charge in [0.05, 0.1) is 11.7 Å². The Hall–Kier alpha value is -2.34. The van der Waals surface area contributed by atoms with Gasteiger partial charge in [0.25, 0.3) is 5.91 Å². The molecule has 2 aromatic rings. The first-order valence-corrected chi connectivity index (χ1v) is 8.29. The van der Waals surface area contributed by atoms with Crippen molar-refractivity contribution in [3.8, 4) is 5.75 Å². The first kappa shape index (κ1) is 18.0. The fourth-order valence-corrected chi connectivity index (χ4v) is 2.41. The molecular formula is C18H19BrN2O3. The zero-order chi connectivity index (χ0) is 17.5. The molecule has 2 aromatic carbocycles. The number of hydrogen-bond donors (Lipinski definition) is 2. The van der Waals surface area contributed by atoms with Crippen LogP contribution in [0, 0.1) is 0 Å². The number of hydrogen-bond acceptors (Lipinski definition) is 3. The van der Waals surface area contributed by atoms with Crippen molar-refractivity contribution in [2.45, 2.75) is 19.9 Å². The number of anilines is 1. The minimum Gasteiger partial charge on any atom is -0.482 e. The summed E-state index contributed by atoms with van der Waals surface area (Å²) in [5, 5.41) is 5.55. The number of halogens is 1. The van der Waals surface area contributed by atoms with Gasteiger partial charge < -0.3 is 15.4 Å². The van der Waals surface area contributed by atoms with Gasteiger partial charge in [-0.2, -0.15) is 0 Å². The van der Waals surface area contributed by atoms with Crippen LogP contribution in [0.4, 0.5) is 5.69 Å². The zero-order valence-corrected chi connectivity index (χ0v) is 15.1. The summed E-state index contributed by atoms with van der Waals surface area (Å²) >= 11 is 3.38. The minimum atomic E-state index is -0.233. The summed E-state index contributed by atoms with van der Waals surface area (Å²) in [5.41, 5.74) is 1.55.